The molecule has 2 aliphatic carbocycles. The van der Waals surface area contributed by atoms with Crippen molar-refractivity contribution in [2.45, 2.75) is 78.2 Å². The number of unbranched alkanes of at least 4 members (excludes halogenated alkanes) is 1. The number of ether oxygens (including phenoxy) is 1. The molecule has 53 heavy (non-hydrogen) atoms. The van der Waals surface area contributed by atoms with Gasteiger partial charge in [0.1, 0.15) is 12.4 Å². The number of nitrogens with one attached hydrogen (secondary N) is 1. The third-order valence-electron chi connectivity index (χ3n) is 8.83. The summed E-state index contributed by atoms with van der Waals surface area (Å²) in [6, 6.07) is 6.93. The normalized spacial score (nSPS) is 20.7. The van der Waals surface area contributed by atoms with E-state index in [0.29, 0.717) is 54.5 Å². The van der Waals surface area contributed by atoms with E-state index in [0.717, 1.165) is 42.5 Å². The lowest BCUT2D eigenvalue weighted by atomic mass is 10.0. The molecular formula is C36H46ClN11O5. The second-order valence-electron chi connectivity index (χ2n) is 12.3. The van der Waals surface area contributed by atoms with Crippen LogP contribution in [0.2, 0.25) is 5.02 Å². The number of hydrogen-bond donors (Lipinski definition) is 3. The molecule has 2 aliphatic rings. The SMILES string of the molecule is C.CC.Cn1cc(CC#Cc2nc(NCc3cccc(Cl)c3)c3ncn([C@@H]4[C@H]5C[C@@]5(C=O)C(O)[C@@H]4O)c3n2)nn1.Cn1cc(CCCCOC=O)nn1. The van der Waals surface area contributed by atoms with Gasteiger partial charge < -0.3 is 29.6 Å². The highest BCUT2D eigenvalue weighted by molar-refractivity contribution is 6.30. The average molecular weight is 748 g/mol. The summed E-state index contributed by atoms with van der Waals surface area (Å²) in [4.78, 5) is 35.3. The van der Waals surface area contributed by atoms with Gasteiger partial charge in [0.2, 0.25) is 5.82 Å². The highest BCUT2D eigenvalue weighted by Crippen LogP contribution is 2.66. The maximum atomic E-state index is 11.7. The van der Waals surface area contributed by atoms with Gasteiger partial charge in [0.05, 0.1) is 48.3 Å². The summed E-state index contributed by atoms with van der Waals surface area (Å²) in [5.74, 6) is 6.56. The molecule has 16 nitrogen and oxygen atoms in total. The minimum absolute atomic E-state index is 0. The Hall–Kier alpha value is -5.24. The van der Waals surface area contributed by atoms with Crippen molar-refractivity contribution in [1.82, 2.24) is 49.5 Å². The van der Waals surface area contributed by atoms with Crippen molar-refractivity contribution in [2.24, 2.45) is 25.4 Å². The van der Waals surface area contributed by atoms with Crippen LogP contribution in [0.4, 0.5) is 5.82 Å². The van der Waals surface area contributed by atoms with Crippen LogP contribution in [0.1, 0.15) is 69.4 Å². The van der Waals surface area contributed by atoms with Gasteiger partial charge in [0, 0.05) is 38.1 Å². The lowest BCUT2D eigenvalue weighted by Crippen LogP contribution is -2.34. The fourth-order valence-electron chi connectivity index (χ4n) is 6.29. The van der Waals surface area contributed by atoms with Crippen molar-refractivity contribution in [3.05, 3.63) is 70.8 Å². The monoisotopic (exact) mass is 747 g/mol. The van der Waals surface area contributed by atoms with Crippen LogP contribution in [0.3, 0.4) is 0 Å². The highest BCUT2D eigenvalue weighted by Gasteiger charge is 2.72. The van der Waals surface area contributed by atoms with Crippen LogP contribution in [0.5, 0.6) is 0 Å². The van der Waals surface area contributed by atoms with Crippen molar-refractivity contribution < 1.29 is 24.5 Å². The first-order valence-electron chi connectivity index (χ1n) is 17.0. The number of halogens is 1. The van der Waals surface area contributed by atoms with E-state index < -0.39 is 23.7 Å². The van der Waals surface area contributed by atoms with Crippen LogP contribution in [0.15, 0.2) is 43.0 Å². The van der Waals surface area contributed by atoms with Gasteiger partial charge in [0.25, 0.3) is 6.47 Å². The number of aryl methyl sites for hydroxylation is 3. The highest BCUT2D eigenvalue weighted by atomic mass is 35.5. The molecule has 0 saturated heterocycles. The number of rotatable bonds is 12. The van der Waals surface area contributed by atoms with Gasteiger partial charge in [-0.2, -0.15) is 0 Å². The Labute approximate surface area is 313 Å². The van der Waals surface area contributed by atoms with Crippen molar-refractivity contribution in [3.8, 4) is 11.8 Å². The van der Waals surface area contributed by atoms with E-state index in [9.17, 15) is 19.8 Å². The molecular weight excluding hydrogens is 702 g/mol. The smallest absolute Gasteiger partial charge is 0.293 e. The summed E-state index contributed by atoms with van der Waals surface area (Å²) >= 11 is 6.13. The number of aldehydes is 1. The topological polar surface area (TPSA) is 201 Å². The number of anilines is 1. The number of benzene rings is 1. The Kier molecular flexibility index (Phi) is 14.1. The van der Waals surface area contributed by atoms with Crippen LogP contribution in [0, 0.1) is 23.2 Å². The molecule has 0 aliphatic heterocycles. The summed E-state index contributed by atoms with van der Waals surface area (Å²) in [5, 5.41) is 41.0. The second-order valence-corrected chi connectivity index (χ2v) is 12.8. The van der Waals surface area contributed by atoms with Gasteiger partial charge in [-0.05, 0) is 55.2 Å². The number of aliphatic hydroxyl groups excluding tert-OH is 2. The van der Waals surface area contributed by atoms with E-state index in [2.05, 4.69) is 57.5 Å². The zero-order valence-electron chi connectivity index (χ0n) is 29.4. The fraction of sp³-hybridized carbons (Fsp3) is 0.472. The number of aliphatic hydroxyl groups is 2. The number of fused-ring (bicyclic) bond motifs is 2. The second kappa shape index (κ2) is 18.5. The molecule has 4 aromatic heterocycles. The lowest BCUT2D eigenvalue weighted by Gasteiger charge is -2.22. The third-order valence-corrected chi connectivity index (χ3v) is 9.07. The Balaban J connectivity index is 0.000000333. The molecule has 1 aromatic carbocycles. The quantitative estimate of drug-likeness (QED) is 0.0955. The zero-order valence-corrected chi connectivity index (χ0v) is 30.2. The minimum Gasteiger partial charge on any atom is -0.468 e. The summed E-state index contributed by atoms with van der Waals surface area (Å²) < 4.78 is 9.57. The maximum absolute atomic E-state index is 11.7. The first kappa shape index (κ1) is 40.5. The molecule has 282 valence electrons. The predicted octanol–water partition coefficient (Wildman–Crippen LogP) is 3.27. The van der Waals surface area contributed by atoms with E-state index in [-0.39, 0.29) is 19.2 Å². The van der Waals surface area contributed by atoms with Gasteiger partial charge in [-0.25, -0.2) is 15.0 Å². The lowest BCUT2D eigenvalue weighted by molar-refractivity contribution is -0.128. The number of carbonyl (C=O) groups is 2. The number of nitrogens with zero attached hydrogens (tertiary/aromatic N) is 10. The molecule has 0 spiro atoms. The Bertz CT molecular complexity index is 2040. The van der Waals surface area contributed by atoms with Gasteiger partial charge in [0.15, 0.2) is 17.0 Å². The zero-order chi connectivity index (χ0) is 37.3. The molecule has 4 heterocycles. The van der Waals surface area contributed by atoms with Crippen LogP contribution in [-0.4, -0.2) is 91.3 Å². The van der Waals surface area contributed by atoms with Gasteiger partial charge in [-0.3, -0.25) is 14.2 Å². The first-order valence-corrected chi connectivity index (χ1v) is 17.4. The molecule has 7 rings (SSSR count). The van der Waals surface area contributed by atoms with E-state index in [4.69, 9.17) is 11.6 Å². The Morgan fingerprint density at radius 2 is 1.81 bits per heavy atom. The van der Waals surface area contributed by atoms with Crippen molar-refractivity contribution in [3.63, 3.8) is 0 Å². The molecule has 3 N–H and O–H groups in total. The molecule has 17 heteroatoms. The summed E-state index contributed by atoms with van der Waals surface area (Å²) in [6.45, 7) is 5.40. The minimum atomic E-state index is -1.13. The predicted molar refractivity (Wildman–Crippen MR) is 197 cm³/mol. The molecule has 0 bridgehead atoms. The number of carbonyl (C=O) groups excluding carboxylic acids is 2. The van der Waals surface area contributed by atoms with Crippen LogP contribution in [0.25, 0.3) is 11.2 Å². The molecule has 1 unspecified atom stereocenters. The van der Waals surface area contributed by atoms with Gasteiger partial charge in [-0.15, -0.1) is 10.2 Å². The Morgan fingerprint density at radius 1 is 1.08 bits per heavy atom. The molecule has 5 aromatic rings. The number of aromatic nitrogens is 10. The molecule has 2 fully saturated rings. The Morgan fingerprint density at radius 3 is 2.45 bits per heavy atom. The van der Waals surface area contributed by atoms with Gasteiger partial charge in [-0.1, -0.05) is 61.4 Å². The van der Waals surface area contributed by atoms with Crippen molar-refractivity contribution >= 4 is 41.3 Å². The van der Waals surface area contributed by atoms with Crippen LogP contribution >= 0.6 is 11.6 Å². The molecule has 0 amide bonds. The van der Waals surface area contributed by atoms with Gasteiger partial charge >= 0.3 is 0 Å². The van der Waals surface area contributed by atoms with E-state index in [1.807, 2.05) is 45.3 Å². The molecule has 5 atom stereocenters. The van der Waals surface area contributed by atoms with E-state index in [1.54, 1.807) is 39.6 Å². The number of imidazole rings is 1. The van der Waals surface area contributed by atoms with E-state index in [1.165, 1.54) is 0 Å². The fourth-order valence-corrected chi connectivity index (χ4v) is 6.51. The van der Waals surface area contributed by atoms with Crippen LogP contribution in [-0.2, 0) is 47.8 Å². The standard InChI is InChI=1S/C25H23ClN8O3.C8H13N3O2.C2H6.CH4/c1-33-11-16(31-32-33)6-3-7-18-29-23(27-10-14-4-2-5-15(26)8-14)19-24(30-18)34(13-28-19)20-17-9-25(17,12-35)22(37)21(20)36;1-11-6-8(9-10-11)4-2-3-5-13-7-12;1-2;/h2,4-5,8,11-13,17,20-22,36-37H,6,9-10H2,1H3,(H,27,29,30);6-7H,2-5H2,1H3;1-2H3;1H4/t17-,20-,21-,22?,25+;;;/m1.../s1. The largest absolute Gasteiger partial charge is 0.468 e. The average Bonchev–Trinajstić information content (AvgIpc) is 3.46. The first-order chi connectivity index (χ1) is 25.2. The maximum Gasteiger partial charge on any atom is 0.293 e. The van der Waals surface area contributed by atoms with E-state index >= 15 is 0 Å². The van der Waals surface area contributed by atoms with Crippen molar-refractivity contribution in [2.75, 3.05) is 11.9 Å². The summed E-state index contributed by atoms with van der Waals surface area (Å²) in [6.07, 6.45) is 7.36. The number of hydrogen-bond acceptors (Lipinski definition) is 13. The van der Waals surface area contributed by atoms with Crippen LogP contribution < -0.4 is 5.32 Å². The summed E-state index contributed by atoms with van der Waals surface area (Å²) in [5.41, 5.74) is 2.69. The summed E-state index contributed by atoms with van der Waals surface area (Å²) in [7, 11) is 3.62. The van der Waals surface area contributed by atoms with Crippen molar-refractivity contribution in [1.29, 1.82) is 0 Å². The third kappa shape index (κ3) is 9.41. The molecule has 2 saturated carbocycles. The molecule has 0 radical (unpaired) electrons.